The van der Waals surface area contributed by atoms with Gasteiger partial charge in [-0.3, -0.25) is 4.79 Å². The first-order valence-electron chi connectivity index (χ1n) is 5.82. The lowest BCUT2D eigenvalue weighted by molar-refractivity contribution is -0.117. The number of carbonyl (C=O) groups is 1. The summed E-state index contributed by atoms with van der Waals surface area (Å²) in [6, 6.07) is 18.9. The van der Waals surface area contributed by atoms with Gasteiger partial charge in [0, 0.05) is 12.8 Å². The molecule has 0 amide bonds. The number of carbonyl (C=O) groups excluding carboxylic acids is 1. The van der Waals surface area contributed by atoms with Crippen molar-refractivity contribution in [3.8, 4) is 6.07 Å². The number of rotatable bonds is 4. The molecule has 0 fully saturated rings. The zero-order valence-corrected chi connectivity index (χ0v) is 9.97. The van der Waals surface area contributed by atoms with Gasteiger partial charge in [-0.1, -0.05) is 42.5 Å². The molecule has 2 heteroatoms. The van der Waals surface area contributed by atoms with Gasteiger partial charge in [-0.05, 0) is 23.3 Å². The van der Waals surface area contributed by atoms with Crippen LogP contribution in [0, 0.1) is 11.3 Å². The Balaban J connectivity index is 1.97. The van der Waals surface area contributed by atoms with Gasteiger partial charge in [0.2, 0.25) is 0 Å². The van der Waals surface area contributed by atoms with Gasteiger partial charge >= 0.3 is 0 Å². The number of nitriles is 1. The quantitative estimate of drug-likeness (QED) is 0.817. The molecule has 0 aromatic heterocycles. The van der Waals surface area contributed by atoms with Crippen molar-refractivity contribution in [1.29, 1.82) is 5.26 Å². The molecule has 2 nitrogen and oxygen atoms in total. The summed E-state index contributed by atoms with van der Waals surface area (Å²) in [7, 11) is 0. The van der Waals surface area contributed by atoms with Crippen LogP contribution in [0.4, 0.5) is 0 Å². The fraction of sp³-hybridized carbons (Fsp3) is 0.125. The molecule has 2 aromatic carbocycles. The average molecular weight is 235 g/mol. The molecule has 0 atom stereocenters. The smallest absolute Gasteiger partial charge is 0.141 e. The monoisotopic (exact) mass is 235 g/mol. The maximum absolute atomic E-state index is 11.9. The minimum atomic E-state index is 0.186. The molecule has 18 heavy (non-hydrogen) atoms. The van der Waals surface area contributed by atoms with E-state index in [0.29, 0.717) is 18.4 Å². The van der Waals surface area contributed by atoms with E-state index >= 15 is 0 Å². The topological polar surface area (TPSA) is 40.9 Å². The van der Waals surface area contributed by atoms with Crippen molar-refractivity contribution in [2.45, 2.75) is 12.8 Å². The van der Waals surface area contributed by atoms with Crippen molar-refractivity contribution < 1.29 is 4.79 Å². The molecule has 0 aliphatic carbocycles. The highest BCUT2D eigenvalue weighted by Gasteiger charge is 2.05. The van der Waals surface area contributed by atoms with E-state index in [1.165, 1.54) is 0 Å². The Hall–Kier alpha value is -2.40. The van der Waals surface area contributed by atoms with E-state index in [0.717, 1.165) is 11.1 Å². The van der Waals surface area contributed by atoms with E-state index < -0.39 is 0 Å². The van der Waals surface area contributed by atoms with Gasteiger partial charge in [-0.2, -0.15) is 5.26 Å². The predicted molar refractivity (Wildman–Crippen MR) is 70.0 cm³/mol. The van der Waals surface area contributed by atoms with E-state index in [9.17, 15) is 4.79 Å². The van der Waals surface area contributed by atoms with Crippen LogP contribution in [0.5, 0.6) is 0 Å². The van der Waals surface area contributed by atoms with Crippen molar-refractivity contribution >= 4 is 5.78 Å². The Morgan fingerprint density at radius 3 is 2.00 bits per heavy atom. The Labute approximate surface area is 107 Å². The highest BCUT2D eigenvalue weighted by molar-refractivity contribution is 5.83. The van der Waals surface area contributed by atoms with E-state index in [1.54, 1.807) is 12.1 Å². The molecule has 0 radical (unpaired) electrons. The number of ketones is 1. The Morgan fingerprint density at radius 2 is 1.44 bits per heavy atom. The molecular formula is C16H13NO. The number of hydrogen-bond donors (Lipinski definition) is 0. The van der Waals surface area contributed by atoms with Gasteiger partial charge in [0.15, 0.2) is 0 Å². The molecule has 88 valence electrons. The minimum Gasteiger partial charge on any atom is -0.299 e. The standard InChI is InChI=1S/C16H13NO/c17-12-15-8-6-14(7-9-15)11-16(18)10-13-4-2-1-3-5-13/h1-9H,10-11H2. The lowest BCUT2D eigenvalue weighted by atomic mass is 10.0. The summed E-state index contributed by atoms with van der Waals surface area (Å²) in [4.78, 5) is 11.9. The highest BCUT2D eigenvalue weighted by Crippen LogP contribution is 2.07. The SMILES string of the molecule is N#Cc1ccc(CC(=O)Cc2ccccc2)cc1. The first-order chi connectivity index (χ1) is 8.78. The van der Waals surface area contributed by atoms with Crippen LogP contribution in [-0.2, 0) is 17.6 Å². The minimum absolute atomic E-state index is 0.186. The summed E-state index contributed by atoms with van der Waals surface area (Å²) in [6.45, 7) is 0. The second kappa shape index (κ2) is 5.79. The predicted octanol–water partition coefficient (Wildman–Crippen LogP) is 2.91. The summed E-state index contributed by atoms with van der Waals surface area (Å²) in [5.41, 5.74) is 2.61. The van der Waals surface area contributed by atoms with E-state index in [-0.39, 0.29) is 5.78 Å². The Kier molecular flexibility index (Phi) is 3.88. The maximum Gasteiger partial charge on any atom is 0.141 e. The van der Waals surface area contributed by atoms with Crippen molar-refractivity contribution in [2.24, 2.45) is 0 Å². The molecule has 0 spiro atoms. The molecule has 0 bridgehead atoms. The van der Waals surface area contributed by atoms with Crippen LogP contribution >= 0.6 is 0 Å². The molecule has 2 aromatic rings. The van der Waals surface area contributed by atoms with Crippen LogP contribution < -0.4 is 0 Å². The van der Waals surface area contributed by atoms with Crippen LogP contribution in [0.1, 0.15) is 16.7 Å². The van der Waals surface area contributed by atoms with E-state index in [1.807, 2.05) is 42.5 Å². The van der Waals surface area contributed by atoms with Crippen molar-refractivity contribution in [3.05, 3.63) is 71.3 Å². The average Bonchev–Trinajstić information content (AvgIpc) is 2.40. The summed E-state index contributed by atoms with van der Waals surface area (Å²) >= 11 is 0. The zero-order chi connectivity index (χ0) is 12.8. The molecule has 2 rings (SSSR count). The molecule has 0 saturated heterocycles. The van der Waals surface area contributed by atoms with Crippen LogP contribution in [0.2, 0.25) is 0 Å². The first kappa shape index (κ1) is 12.1. The summed E-state index contributed by atoms with van der Waals surface area (Å²) in [5.74, 6) is 0.186. The van der Waals surface area contributed by atoms with Gasteiger partial charge in [-0.15, -0.1) is 0 Å². The van der Waals surface area contributed by atoms with Gasteiger partial charge in [0.05, 0.1) is 11.6 Å². The second-order valence-corrected chi connectivity index (χ2v) is 4.19. The number of hydrogen-bond acceptors (Lipinski definition) is 2. The lowest BCUT2D eigenvalue weighted by Crippen LogP contribution is -2.06. The van der Waals surface area contributed by atoms with Crippen molar-refractivity contribution in [3.63, 3.8) is 0 Å². The highest BCUT2D eigenvalue weighted by atomic mass is 16.1. The van der Waals surface area contributed by atoms with E-state index in [2.05, 4.69) is 6.07 Å². The molecule has 0 unspecified atom stereocenters. The summed E-state index contributed by atoms with van der Waals surface area (Å²) in [6.07, 6.45) is 0.876. The van der Waals surface area contributed by atoms with Gasteiger partial charge in [-0.25, -0.2) is 0 Å². The third kappa shape index (κ3) is 3.29. The van der Waals surface area contributed by atoms with Crippen LogP contribution in [0.15, 0.2) is 54.6 Å². The molecule has 0 saturated carbocycles. The molecule has 0 aliphatic rings. The molecule has 0 aliphatic heterocycles. The number of nitrogens with zero attached hydrogens (tertiary/aromatic N) is 1. The fourth-order valence-corrected chi connectivity index (χ4v) is 1.81. The van der Waals surface area contributed by atoms with Crippen molar-refractivity contribution in [2.75, 3.05) is 0 Å². The van der Waals surface area contributed by atoms with Gasteiger partial charge in [0.1, 0.15) is 5.78 Å². The fourth-order valence-electron chi connectivity index (χ4n) is 1.81. The first-order valence-corrected chi connectivity index (χ1v) is 5.82. The van der Waals surface area contributed by atoms with Crippen LogP contribution in [0.3, 0.4) is 0 Å². The Bertz CT molecular complexity index is 564. The third-order valence-electron chi connectivity index (χ3n) is 2.73. The number of benzene rings is 2. The van der Waals surface area contributed by atoms with Crippen molar-refractivity contribution in [1.82, 2.24) is 0 Å². The van der Waals surface area contributed by atoms with Gasteiger partial charge in [0.25, 0.3) is 0 Å². The second-order valence-electron chi connectivity index (χ2n) is 4.19. The maximum atomic E-state index is 11.9. The Morgan fingerprint density at radius 1 is 0.889 bits per heavy atom. The zero-order valence-electron chi connectivity index (χ0n) is 9.97. The largest absolute Gasteiger partial charge is 0.299 e. The molecular weight excluding hydrogens is 222 g/mol. The van der Waals surface area contributed by atoms with E-state index in [4.69, 9.17) is 5.26 Å². The van der Waals surface area contributed by atoms with Crippen LogP contribution in [-0.4, -0.2) is 5.78 Å². The normalized spacial score (nSPS) is 9.72. The number of Topliss-reactive ketones (excluding diaryl/α,β-unsaturated/α-hetero) is 1. The third-order valence-corrected chi connectivity index (χ3v) is 2.73. The summed E-state index contributed by atoms with van der Waals surface area (Å²) in [5, 5.41) is 8.69. The van der Waals surface area contributed by atoms with Crippen LogP contribution in [0.25, 0.3) is 0 Å². The van der Waals surface area contributed by atoms with Gasteiger partial charge < -0.3 is 0 Å². The lowest BCUT2D eigenvalue weighted by Gasteiger charge is -2.02. The summed E-state index contributed by atoms with van der Waals surface area (Å²) < 4.78 is 0. The molecule has 0 N–H and O–H groups in total. The molecule has 0 heterocycles.